The number of methoxy groups -OCH3 is 1. The van der Waals surface area contributed by atoms with Gasteiger partial charge >= 0.3 is 0 Å². The summed E-state index contributed by atoms with van der Waals surface area (Å²) >= 11 is 0. The van der Waals surface area contributed by atoms with Crippen molar-refractivity contribution in [1.82, 2.24) is 10.6 Å². The molecular formula is C15H25FIN3O. The number of ether oxygens (including phenoxy) is 1. The lowest BCUT2D eigenvalue weighted by atomic mass is 10.1. The van der Waals surface area contributed by atoms with Crippen LogP contribution in [-0.4, -0.2) is 39.3 Å². The van der Waals surface area contributed by atoms with Crippen molar-refractivity contribution in [2.24, 2.45) is 4.99 Å². The zero-order chi connectivity index (χ0) is 14.6. The molecule has 0 unspecified atom stereocenters. The highest BCUT2D eigenvalue weighted by molar-refractivity contribution is 14.0. The van der Waals surface area contributed by atoms with Crippen LogP contribution in [0.3, 0.4) is 0 Å². The summed E-state index contributed by atoms with van der Waals surface area (Å²) in [6.07, 6.45) is 1.66. The van der Waals surface area contributed by atoms with E-state index in [1.165, 1.54) is 6.07 Å². The Hall–Kier alpha value is -0.890. The molecule has 4 nitrogen and oxygen atoms in total. The number of guanidine groups is 1. The van der Waals surface area contributed by atoms with Gasteiger partial charge in [-0.2, -0.15) is 0 Å². The highest BCUT2D eigenvalue weighted by atomic mass is 127. The highest BCUT2D eigenvalue weighted by Gasteiger charge is 1.98. The topological polar surface area (TPSA) is 45.7 Å². The second kappa shape index (κ2) is 12.8. The number of nitrogens with zero attached hydrogens (tertiary/aromatic N) is 1. The molecule has 0 heterocycles. The van der Waals surface area contributed by atoms with Gasteiger partial charge in [0.05, 0.1) is 0 Å². The molecule has 0 spiro atoms. The van der Waals surface area contributed by atoms with Crippen LogP contribution in [0.15, 0.2) is 29.3 Å². The average molecular weight is 409 g/mol. The van der Waals surface area contributed by atoms with Gasteiger partial charge in [0.15, 0.2) is 5.96 Å². The van der Waals surface area contributed by atoms with Crippen molar-refractivity contribution in [3.05, 3.63) is 35.6 Å². The minimum atomic E-state index is -0.192. The Bertz CT molecular complexity index is 416. The number of aliphatic imine (C=N–C) groups is 1. The van der Waals surface area contributed by atoms with Crippen LogP contribution in [0.5, 0.6) is 0 Å². The first-order valence-electron chi connectivity index (χ1n) is 7.01. The lowest BCUT2D eigenvalue weighted by Crippen LogP contribution is -2.38. The Balaban J connectivity index is 0.00000400. The first-order valence-corrected chi connectivity index (χ1v) is 7.01. The molecule has 0 radical (unpaired) electrons. The smallest absolute Gasteiger partial charge is 0.191 e. The maximum Gasteiger partial charge on any atom is 0.191 e. The van der Waals surface area contributed by atoms with Crippen molar-refractivity contribution in [2.75, 3.05) is 33.4 Å². The summed E-state index contributed by atoms with van der Waals surface area (Å²) in [4.78, 5) is 4.44. The Kier molecular flexibility index (Phi) is 12.3. The molecule has 120 valence electrons. The van der Waals surface area contributed by atoms with E-state index < -0.39 is 0 Å². The van der Waals surface area contributed by atoms with E-state index in [0.29, 0.717) is 6.61 Å². The van der Waals surface area contributed by atoms with E-state index in [2.05, 4.69) is 15.6 Å². The van der Waals surface area contributed by atoms with Gasteiger partial charge in [0.1, 0.15) is 5.82 Å². The van der Waals surface area contributed by atoms with Crippen molar-refractivity contribution in [2.45, 2.75) is 19.8 Å². The summed E-state index contributed by atoms with van der Waals surface area (Å²) in [5.41, 5.74) is 0.979. The van der Waals surface area contributed by atoms with Crippen molar-refractivity contribution in [3.63, 3.8) is 0 Å². The summed E-state index contributed by atoms with van der Waals surface area (Å²) in [5, 5.41) is 6.42. The number of nitrogens with one attached hydrogen (secondary N) is 2. The van der Waals surface area contributed by atoms with Gasteiger partial charge < -0.3 is 15.4 Å². The average Bonchev–Trinajstić information content (AvgIpc) is 2.43. The van der Waals surface area contributed by atoms with E-state index in [-0.39, 0.29) is 29.8 Å². The van der Waals surface area contributed by atoms with E-state index >= 15 is 0 Å². The molecule has 0 amide bonds. The van der Waals surface area contributed by atoms with Gasteiger partial charge in [0, 0.05) is 33.4 Å². The predicted molar refractivity (Wildman–Crippen MR) is 96.0 cm³/mol. The molecule has 0 bridgehead atoms. The van der Waals surface area contributed by atoms with E-state index in [1.807, 2.05) is 13.0 Å². The SMILES string of the molecule is CCNC(=NCCCOC)NCCc1cccc(F)c1.I. The molecule has 0 atom stereocenters. The molecule has 6 heteroatoms. The zero-order valence-corrected chi connectivity index (χ0v) is 15.0. The van der Waals surface area contributed by atoms with Crippen LogP contribution < -0.4 is 10.6 Å². The lowest BCUT2D eigenvalue weighted by Gasteiger charge is -2.11. The minimum Gasteiger partial charge on any atom is -0.385 e. The molecule has 0 aliphatic heterocycles. The molecule has 0 aliphatic rings. The number of hydrogen-bond acceptors (Lipinski definition) is 2. The van der Waals surface area contributed by atoms with Crippen LogP contribution in [0.2, 0.25) is 0 Å². The van der Waals surface area contributed by atoms with Gasteiger partial charge in [-0.05, 0) is 37.5 Å². The number of hydrogen-bond donors (Lipinski definition) is 2. The number of rotatable bonds is 8. The van der Waals surface area contributed by atoms with Crippen LogP contribution in [-0.2, 0) is 11.2 Å². The molecule has 2 N–H and O–H groups in total. The fourth-order valence-corrected chi connectivity index (χ4v) is 1.76. The standard InChI is InChI=1S/C15H24FN3O.HI/c1-3-17-15(18-9-5-11-20-2)19-10-8-13-6-4-7-14(16)12-13;/h4,6-7,12H,3,5,8-11H2,1-2H3,(H2,17,18,19);1H. The minimum absolute atomic E-state index is 0. The second-order valence-electron chi connectivity index (χ2n) is 4.41. The van der Waals surface area contributed by atoms with Gasteiger partial charge in [-0.25, -0.2) is 4.39 Å². The summed E-state index contributed by atoms with van der Waals surface area (Å²) < 4.78 is 18.0. The highest BCUT2D eigenvalue weighted by Crippen LogP contribution is 2.03. The fraction of sp³-hybridized carbons (Fsp3) is 0.533. The summed E-state index contributed by atoms with van der Waals surface area (Å²) in [6, 6.07) is 6.67. The van der Waals surface area contributed by atoms with E-state index in [0.717, 1.165) is 44.0 Å². The lowest BCUT2D eigenvalue weighted by molar-refractivity contribution is 0.197. The monoisotopic (exact) mass is 409 g/mol. The van der Waals surface area contributed by atoms with Crippen LogP contribution in [0.4, 0.5) is 4.39 Å². The maximum atomic E-state index is 13.0. The molecule has 0 aliphatic carbocycles. The Labute approximate surface area is 143 Å². The van der Waals surface area contributed by atoms with Gasteiger partial charge in [-0.1, -0.05) is 12.1 Å². The van der Waals surface area contributed by atoms with Gasteiger partial charge in [-0.15, -0.1) is 24.0 Å². The van der Waals surface area contributed by atoms with E-state index in [1.54, 1.807) is 19.2 Å². The molecule has 0 aromatic heterocycles. The van der Waals surface area contributed by atoms with Crippen LogP contribution in [0, 0.1) is 5.82 Å². The van der Waals surface area contributed by atoms with Crippen LogP contribution >= 0.6 is 24.0 Å². The molecule has 1 rings (SSSR count). The summed E-state index contributed by atoms with van der Waals surface area (Å²) in [5.74, 6) is 0.600. The molecule has 0 saturated carbocycles. The molecule has 1 aromatic rings. The Morgan fingerprint density at radius 3 is 2.81 bits per heavy atom. The zero-order valence-electron chi connectivity index (χ0n) is 12.7. The van der Waals surface area contributed by atoms with E-state index in [9.17, 15) is 4.39 Å². The Morgan fingerprint density at radius 2 is 2.14 bits per heavy atom. The van der Waals surface area contributed by atoms with Crippen LogP contribution in [0.1, 0.15) is 18.9 Å². The van der Waals surface area contributed by atoms with Gasteiger partial charge in [0.25, 0.3) is 0 Å². The largest absolute Gasteiger partial charge is 0.385 e. The van der Waals surface area contributed by atoms with Crippen molar-refractivity contribution >= 4 is 29.9 Å². The quantitative estimate of drug-likeness (QED) is 0.300. The number of benzene rings is 1. The summed E-state index contributed by atoms with van der Waals surface area (Å²) in [7, 11) is 1.69. The molecule has 0 saturated heterocycles. The number of halogens is 2. The third kappa shape index (κ3) is 9.62. The first kappa shape index (κ1) is 20.1. The van der Waals surface area contributed by atoms with E-state index in [4.69, 9.17) is 4.74 Å². The van der Waals surface area contributed by atoms with Crippen molar-refractivity contribution in [3.8, 4) is 0 Å². The van der Waals surface area contributed by atoms with Gasteiger partial charge in [0.2, 0.25) is 0 Å². The summed E-state index contributed by atoms with van der Waals surface area (Å²) in [6.45, 7) is 5.00. The van der Waals surface area contributed by atoms with Gasteiger partial charge in [-0.3, -0.25) is 4.99 Å². The predicted octanol–water partition coefficient (Wildman–Crippen LogP) is 2.58. The van der Waals surface area contributed by atoms with Crippen molar-refractivity contribution < 1.29 is 9.13 Å². The molecule has 21 heavy (non-hydrogen) atoms. The van der Waals surface area contributed by atoms with Crippen molar-refractivity contribution in [1.29, 1.82) is 0 Å². The third-order valence-electron chi connectivity index (χ3n) is 2.72. The molecule has 1 aromatic carbocycles. The fourth-order valence-electron chi connectivity index (χ4n) is 1.76. The molecule has 0 fully saturated rings. The van der Waals surface area contributed by atoms with Crippen LogP contribution in [0.25, 0.3) is 0 Å². The first-order chi connectivity index (χ1) is 9.76. The molecular weight excluding hydrogens is 384 g/mol. The maximum absolute atomic E-state index is 13.0. The normalized spacial score (nSPS) is 10.9. The third-order valence-corrected chi connectivity index (χ3v) is 2.72. The Morgan fingerprint density at radius 1 is 1.33 bits per heavy atom. The second-order valence-corrected chi connectivity index (χ2v) is 4.41.